The molecule has 2 aromatic rings. The zero-order valence-corrected chi connectivity index (χ0v) is 14.7. The molecule has 1 fully saturated rings. The predicted molar refractivity (Wildman–Crippen MR) is 95.8 cm³/mol. The van der Waals surface area contributed by atoms with Crippen molar-refractivity contribution >= 4 is 5.91 Å². The van der Waals surface area contributed by atoms with Gasteiger partial charge in [0, 0.05) is 20.3 Å². The quantitative estimate of drug-likeness (QED) is 0.838. The summed E-state index contributed by atoms with van der Waals surface area (Å²) in [5.41, 5.74) is 1.10. The van der Waals surface area contributed by atoms with Gasteiger partial charge >= 0.3 is 0 Å². The molecule has 1 saturated heterocycles. The van der Waals surface area contributed by atoms with Crippen molar-refractivity contribution in [3.63, 3.8) is 0 Å². The van der Waals surface area contributed by atoms with Gasteiger partial charge in [-0.05, 0) is 43.0 Å². The van der Waals surface area contributed by atoms with Crippen LogP contribution in [0.4, 0.5) is 4.39 Å². The summed E-state index contributed by atoms with van der Waals surface area (Å²) in [5, 5.41) is 0. The van der Waals surface area contributed by atoms with E-state index in [0.717, 1.165) is 11.1 Å². The summed E-state index contributed by atoms with van der Waals surface area (Å²) >= 11 is 0. The van der Waals surface area contributed by atoms with Crippen LogP contribution in [0.2, 0.25) is 0 Å². The van der Waals surface area contributed by atoms with Crippen LogP contribution in [0.3, 0.4) is 0 Å². The standard InChI is InChI=1S/C21H24FNO2/c1-16(17-7-4-3-5-8-17)23(2)20(24)21(11-13-25-14-12-21)18-9-6-10-19(22)15-18/h3-10,15-16H,11-14H2,1-2H3/t16-/m1/s1. The summed E-state index contributed by atoms with van der Waals surface area (Å²) in [4.78, 5) is 15.3. The van der Waals surface area contributed by atoms with Gasteiger partial charge in [0.2, 0.25) is 5.91 Å². The summed E-state index contributed by atoms with van der Waals surface area (Å²) in [6.07, 6.45) is 1.14. The first-order chi connectivity index (χ1) is 12.0. The van der Waals surface area contributed by atoms with Gasteiger partial charge in [-0.15, -0.1) is 0 Å². The molecule has 0 N–H and O–H groups in total. The third kappa shape index (κ3) is 3.45. The Balaban J connectivity index is 1.94. The smallest absolute Gasteiger partial charge is 0.233 e. The monoisotopic (exact) mass is 341 g/mol. The molecular weight excluding hydrogens is 317 g/mol. The second kappa shape index (κ2) is 7.36. The first kappa shape index (κ1) is 17.6. The lowest BCUT2D eigenvalue weighted by molar-refractivity contribution is -0.142. The molecule has 132 valence electrons. The number of halogens is 1. The number of carbonyl (C=O) groups excluding carboxylic acids is 1. The maximum atomic E-state index is 13.8. The van der Waals surface area contributed by atoms with Gasteiger partial charge in [0.05, 0.1) is 11.5 Å². The molecule has 3 nitrogen and oxygen atoms in total. The van der Waals surface area contributed by atoms with E-state index >= 15 is 0 Å². The number of carbonyl (C=O) groups is 1. The Morgan fingerprint density at radius 3 is 2.44 bits per heavy atom. The Bertz CT molecular complexity index is 726. The molecule has 1 amide bonds. The molecule has 2 aromatic carbocycles. The fraction of sp³-hybridized carbons (Fsp3) is 0.381. The van der Waals surface area contributed by atoms with Crippen molar-refractivity contribution in [2.75, 3.05) is 20.3 Å². The normalized spacial score (nSPS) is 17.7. The van der Waals surface area contributed by atoms with Gasteiger partial charge in [-0.3, -0.25) is 4.79 Å². The lowest BCUT2D eigenvalue weighted by Crippen LogP contribution is -2.49. The predicted octanol–water partition coefficient (Wildman–Crippen LogP) is 4.09. The average molecular weight is 341 g/mol. The van der Waals surface area contributed by atoms with Gasteiger partial charge in [-0.25, -0.2) is 4.39 Å². The summed E-state index contributed by atoms with van der Waals surface area (Å²) in [6.45, 7) is 3.04. The second-order valence-electron chi connectivity index (χ2n) is 6.71. The number of ether oxygens (including phenoxy) is 1. The number of hydrogen-bond acceptors (Lipinski definition) is 2. The molecule has 1 atom stereocenters. The summed E-state index contributed by atoms with van der Waals surface area (Å²) in [7, 11) is 1.83. The van der Waals surface area contributed by atoms with Crippen molar-refractivity contribution in [1.29, 1.82) is 0 Å². The molecule has 0 unspecified atom stereocenters. The Labute approximate surface area is 148 Å². The molecule has 1 aliphatic heterocycles. The van der Waals surface area contributed by atoms with E-state index in [1.807, 2.05) is 50.4 Å². The van der Waals surface area contributed by atoms with E-state index in [2.05, 4.69) is 0 Å². The van der Waals surface area contributed by atoms with Crippen LogP contribution in [0.15, 0.2) is 54.6 Å². The molecule has 3 rings (SSSR count). The summed E-state index contributed by atoms with van der Waals surface area (Å²) in [5.74, 6) is -0.285. The van der Waals surface area contributed by atoms with Crippen molar-refractivity contribution in [2.24, 2.45) is 0 Å². The van der Waals surface area contributed by atoms with E-state index in [4.69, 9.17) is 4.74 Å². The SMILES string of the molecule is C[C@H](c1ccccc1)N(C)C(=O)C1(c2cccc(F)c2)CCOCC1. The molecule has 0 radical (unpaired) electrons. The largest absolute Gasteiger partial charge is 0.381 e. The Morgan fingerprint density at radius 1 is 1.12 bits per heavy atom. The highest BCUT2D eigenvalue weighted by atomic mass is 19.1. The van der Waals surface area contributed by atoms with Gasteiger partial charge in [-0.1, -0.05) is 42.5 Å². The third-order valence-electron chi connectivity index (χ3n) is 5.32. The lowest BCUT2D eigenvalue weighted by Gasteiger charge is -2.41. The third-order valence-corrected chi connectivity index (χ3v) is 5.32. The first-order valence-electron chi connectivity index (χ1n) is 8.70. The van der Waals surface area contributed by atoms with Crippen LogP contribution in [0.5, 0.6) is 0 Å². The number of nitrogens with zero attached hydrogens (tertiary/aromatic N) is 1. The summed E-state index contributed by atoms with van der Waals surface area (Å²) < 4.78 is 19.3. The molecule has 25 heavy (non-hydrogen) atoms. The van der Waals surface area contributed by atoms with E-state index in [-0.39, 0.29) is 17.8 Å². The molecule has 1 heterocycles. The van der Waals surface area contributed by atoms with E-state index in [1.165, 1.54) is 12.1 Å². The van der Waals surface area contributed by atoms with Gasteiger partial charge in [0.1, 0.15) is 5.82 Å². The maximum absolute atomic E-state index is 13.8. The Hall–Kier alpha value is -2.20. The van der Waals surface area contributed by atoms with Crippen LogP contribution in [0, 0.1) is 5.82 Å². The van der Waals surface area contributed by atoms with Crippen LogP contribution in [-0.2, 0) is 14.9 Å². The first-order valence-corrected chi connectivity index (χ1v) is 8.70. The molecule has 4 heteroatoms. The van der Waals surface area contributed by atoms with Crippen molar-refractivity contribution in [3.05, 3.63) is 71.5 Å². The molecular formula is C21H24FNO2. The van der Waals surface area contributed by atoms with Crippen molar-refractivity contribution in [2.45, 2.75) is 31.2 Å². The van der Waals surface area contributed by atoms with Crippen molar-refractivity contribution in [3.8, 4) is 0 Å². The molecule has 0 saturated carbocycles. The van der Waals surface area contributed by atoms with Gasteiger partial charge in [-0.2, -0.15) is 0 Å². The zero-order chi connectivity index (χ0) is 17.9. The number of hydrogen-bond donors (Lipinski definition) is 0. The van der Waals surface area contributed by atoms with Crippen LogP contribution < -0.4 is 0 Å². The number of rotatable bonds is 4. The average Bonchev–Trinajstić information content (AvgIpc) is 2.67. The van der Waals surface area contributed by atoms with Gasteiger partial charge < -0.3 is 9.64 Å². The molecule has 1 aliphatic rings. The van der Waals surface area contributed by atoms with E-state index in [1.54, 1.807) is 11.0 Å². The molecule has 0 aliphatic carbocycles. The van der Waals surface area contributed by atoms with Crippen molar-refractivity contribution < 1.29 is 13.9 Å². The summed E-state index contributed by atoms with van der Waals surface area (Å²) in [6, 6.07) is 16.3. The minimum atomic E-state index is -0.724. The van der Waals surface area contributed by atoms with E-state index < -0.39 is 5.41 Å². The number of benzene rings is 2. The number of amides is 1. The van der Waals surface area contributed by atoms with Crippen LogP contribution >= 0.6 is 0 Å². The van der Waals surface area contributed by atoms with Crippen molar-refractivity contribution in [1.82, 2.24) is 4.90 Å². The van der Waals surface area contributed by atoms with Gasteiger partial charge in [0.15, 0.2) is 0 Å². The highest BCUT2D eigenvalue weighted by molar-refractivity contribution is 5.88. The highest BCUT2D eigenvalue weighted by Crippen LogP contribution is 2.38. The molecule has 0 spiro atoms. The van der Waals surface area contributed by atoms with Crippen LogP contribution in [-0.4, -0.2) is 31.1 Å². The highest BCUT2D eigenvalue weighted by Gasteiger charge is 2.44. The minimum absolute atomic E-state index is 0.0257. The fourth-order valence-corrected chi connectivity index (χ4v) is 3.60. The second-order valence-corrected chi connectivity index (χ2v) is 6.71. The molecule has 0 aromatic heterocycles. The van der Waals surface area contributed by atoms with E-state index in [9.17, 15) is 9.18 Å². The number of likely N-dealkylation sites (N-methyl/N-ethyl adjacent to an activating group) is 1. The maximum Gasteiger partial charge on any atom is 0.233 e. The topological polar surface area (TPSA) is 29.5 Å². The molecule has 0 bridgehead atoms. The van der Waals surface area contributed by atoms with E-state index in [0.29, 0.717) is 26.1 Å². The van der Waals surface area contributed by atoms with Crippen LogP contribution in [0.25, 0.3) is 0 Å². The fourth-order valence-electron chi connectivity index (χ4n) is 3.60. The Kier molecular flexibility index (Phi) is 5.19. The minimum Gasteiger partial charge on any atom is -0.381 e. The van der Waals surface area contributed by atoms with Crippen LogP contribution in [0.1, 0.15) is 36.9 Å². The lowest BCUT2D eigenvalue weighted by atomic mass is 9.72. The van der Waals surface area contributed by atoms with Gasteiger partial charge in [0.25, 0.3) is 0 Å². The zero-order valence-electron chi connectivity index (χ0n) is 14.7. The Morgan fingerprint density at radius 2 is 1.80 bits per heavy atom.